The molecular formula is C12H11N5O4. The van der Waals surface area contributed by atoms with Crippen LogP contribution in [0.3, 0.4) is 0 Å². The van der Waals surface area contributed by atoms with Crippen molar-refractivity contribution in [3.8, 4) is 0 Å². The fraction of sp³-hybridized carbons (Fsp3) is 0.250. The summed E-state index contributed by atoms with van der Waals surface area (Å²) in [4.78, 5) is 23.4. The zero-order valence-electron chi connectivity index (χ0n) is 10.8. The van der Waals surface area contributed by atoms with Crippen LogP contribution in [0.5, 0.6) is 0 Å². The number of aromatic carboxylic acids is 1. The van der Waals surface area contributed by atoms with Gasteiger partial charge in [-0.15, -0.1) is 10.2 Å². The predicted molar refractivity (Wildman–Crippen MR) is 71.1 cm³/mol. The van der Waals surface area contributed by atoms with Crippen LogP contribution >= 0.6 is 0 Å². The number of anilines is 1. The van der Waals surface area contributed by atoms with Gasteiger partial charge in [0.25, 0.3) is 5.69 Å². The number of nitrogens with zero attached hydrogens (tertiary/aromatic N) is 5. The molecule has 9 heteroatoms. The van der Waals surface area contributed by atoms with E-state index in [0.717, 1.165) is 11.9 Å². The number of hydrogen-bond acceptors (Lipinski definition) is 6. The summed E-state index contributed by atoms with van der Waals surface area (Å²) in [6.45, 7) is 1.59. The lowest BCUT2D eigenvalue weighted by atomic mass is 10.1. The predicted octanol–water partition coefficient (Wildman–Crippen LogP) is 0.905. The Kier molecular flexibility index (Phi) is 3.01. The number of carboxylic acid groups (broad SMARTS) is 1. The first-order chi connectivity index (χ1) is 10.1. The van der Waals surface area contributed by atoms with E-state index in [-0.39, 0.29) is 11.3 Å². The average Bonchev–Trinajstić information content (AvgIpc) is 2.93. The molecule has 1 aliphatic heterocycles. The van der Waals surface area contributed by atoms with Gasteiger partial charge in [-0.05, 0) is 12.1 Å². The third kappa shape index (κ3) is 2.29. The van der Waals surface area contributed by atoms with E-state index in [4.69, 9.17) is 5.11 Å². The number of benzene rings is 1. The largest absolute Gasteiger partial charge is 0.478 e. The van der Waals surface area contributed by atoms with Crippen LogP contribution in [0, 0.1) is 10.1 Å². The maximum absolute atomic E-state index is 11.2. The van der Waals surface area contributed by atoms with E-state index < -0.39 is 10.9 Å². The number of carbonyl (C=O) groups is 1. The van der Waals surface area contributed by atoms with Crippen LogP contribution in [-0.2, 0) is 13.1 Å². The van der Waals surface area contributed by atoms with Crippen molar-refractivity contribution in [2.45, 2.75) is 13.1 Å². The molecule has 21 heavy (non-hydrogen) atoms. The van der Waals surface area contributed by atoms with Crippen LogP contribution in [-0.4, -0.2) is 37.3 Å². The minimum atomic E-state index is -1.19. The van der Waals surface area contributed by atoms with Crippen LogP contribution in [0.4, 0.5) is 11.4 Å². The number of nitro groups is 1. The van der Waals surface area contributed by atoms with E-state index in [1.54, 1.807) is 11.2 Å². The molecule has 0 unspecified atom stereocenters. The monoisotopic (exact) mass is 289 g/mol. The molecule has 108 valence electrons. The van der Waals surface area contributed by atoms with Gasteiger partial charge in [-0.3, -0.25) is 10.1 Å². The normalized spacial score (nSPS) is 13.8. The third-order valence-corrected chi connectivity index (χ3v) is 3.40. The van der Waals surface area contributed by atoms with Gasteiger partial charge in [0.15, 0.2) is 5.82 Å². The Bertz CT molecular complexity index is 726. The molecule has 1 aromatic carbocycles. The fourth-order valence-electron chi connectivity index (χ4n) is 2.34. The highest BCUT2D eigenvalue weighted by Crippen LogP contribution is 2.31. The highest BCUT2D eigenvalue weighted by molar-refractivity contribution is 5.89. The molecule has 0 spiro atoms. The molecule has 0 aliphatic carbocycles. The Hall–Kier alpha value is -2.97. The van der Waals surface area contributed by atoms with Crippen LogP contribution in [0.1, 0.15) is 16.2 Å². The molecule has 1 N–H and O–H groups in total. The van der Waals surface area contributed by atoms with Gasteiger partial charge in [-0.1, -0.05) is 0 Å². The van der Waals surface area contributed by atoms with Crippen molar-refractivity contribution in [1.29, 1.82) is 0 Å². The first kappa shape index (κ1) is 13.0. The zero-order valence-corrected chi connectivity index (χ0v) is 10.8. The van der Waals surface area contributed by atoms with E-state index in [2.05, 4.69) is 10.2 Å². The maximum Gasteiger partial charge on any atom is 0.335 e. The van der Waals surface area contributed by atoms with E-state index >= 15 is 0 Å². The molecule has 3 rings (SSSR count). The van der Waals surface area contributed by atoms with Crippen molar-refractivity contribution in [1.82, 2.24) is 14.8 Å². The highest BCUT2D eigenvalue weighted by atomic mass is 16.6. The summed E-state index contributed by atoms with van der Waals surface area (Å²) in [5.74, 6) is -0.471. The zero-order chi connectivity index (χ0) is 15.0. The average molecular weight is 289 g/mol. The first-order valence-corrected chi connectivity index (χ1v) is 6.19. The summed E-state index contributed by atoms with van der Waals surface area (Å²) in [5.41, 5.74) is 0.0627. The van der Waals surface area contributed by atoms with Gasteiger partial charge in [0.05, 0.1) is 17.0 Å². The van der Waals surface area contributed by atoms with Crippen molar-refractivity contribution in [2.75, 3.05) is 11.4 Å². The second-order valence-electron chi connectivity index (χ2n) is 4.63. The molecule has 0 amide bonds. The van der Waals surface area contributed by atoms with Gasteiger partial charge >= 0.3 is 5.97 Å². The molecule has 1 aromatic heterocycles. The number of nitro benzene ring substituents is 1. The molecule has 9 nitrogen and oxygen atoms in total. The number of carboxylic acids is 1. The van der Waals surface area contributed by atoms with Crippen molar-refractivity contribution < 1.29 is 14.8 Å². The molecule has 0 radical (unpaired) electrons. The van der Waals surface area contributed by atoms with Gasteiger partial charge in [0, 0.05) is 19.2 Å². The summed E-state index contributed by atoms with van der Waals surface area (Å²) in [7, 11) is 0. The molecule has 2 aromatic rings. The minimum absolute atomic E-state index is 0.106. The van der Waals surface area contributed by atoms with Gasteiger partial charge < -0.3 is 14.6 Å². The van der Waals surface area contributed by atoms with Crippen molar-refractivity contribution in [2.24, 2.45) is 0 Å². The lowest BCUT2D eigenvalue weighted by molar-refractivity contribution is -0.384. The van der Waals surface area contributed by atoms with E-state index in [1.807, 2.05) is 4.57 Å². The van der Waals surface area contributed by atoms with Gasteiger partial charge in [-0.25, -0.2) is 4.79 Å². The topological polar surface area (TPSA) is 114 Å². The number of hydrogen-bond donors (Lipinski definition) is 1. The van der Waals surface area contributed by atoms with Gasteiger partial charge in [0.2, 0.25) is 0 Å². The molecule has 0 saturated heterocycles. The van der Waals surface area contributed by atoms with Crippen molar-refractivity contribution in [3.05, 3.63) is 46.0 Å². The number of fused-ring (bicyclic) bond motifs is 1. The highest BCUT2D eigenvalue weighted by Gasteiger charge is 2.25. The molecule has 0 saturated carbocycles. The Labute approximate surface area is 118 Å². The SMILES string of the molecule is O=C(O)c1ccc(N2CCn3cnnc3C2)c([N+](=O)[O-])c1. The number of aromatic nitrogens is 3. The van der Waals surface area contributed by atoms with Crippen LogP contribution in [0.2, 0.25) is 0 Å². The molecule has 0 atom stereocenters. The standard InChI is InChI=1S/C12H11N5O4/c18-12(19)8-1-2-9(10(5-8)17(20)21)15-3-4-16-7-13-14-11(16)6-15/h1-2,5,7H,3-4,6H2,(H,18,19). The van der Waals surface area contributed by atoms with Crippen molar-refractivity contribution >= 4 is 17.3 Å². The molecule has 0 fully saturated rings. The minimum Gasteiger partial charge on any atom is -0.478 e. The summed E-state index contributed by atoms with van der Waals surface area (Å²) < 4.78 is 1.88. The molecule has 2 heterocycles. The molecular weight excluding hydrogens is 278 g/mol. The van der Waals surface area contributed by atoms with E-state index in [0.29, 0.717) is 25.3 Å². The first-order valence-electron chi connectivity index (χ1n) is 6.19. The summed E-state index contributed by atoms with van der Waals surface area (Å²) in [5, 5.41) is 27.9. The fourth-order valence-corrected chi connectivity index (χ4v) is 2.34. The maximum atomic E-state index is 11.2. The molecule has 0 bridgehead atoms. The Morgan fingerprint density at radius 1 is 1.38 bits per heavy atom. The smallest absolute Gasteiger partial charge is 0.335 e. The summed E-state index contributed by atoms with van der Waals surface area (Å²) >= 11 is 0. The van der Waals surface area contributed by atoms with Gasteiger partial charge in [-0.2, -0.15) is 0 Å². The van der Waals surface area contributed by atoms with E-state index in [9.17, 15) is 14.9 Å². The molecule has 1 aliphatic rings. The Morgan fingerprint density at radius 3 is 2.90 bits per heavy atom. The van der Waals surface area contributed by atoms with Crippen LogP contribution < -0.4 is 4.90 Å². The Morgan fingerprint density at radius 2 is 2.19 bits per heavy atom. The van der Waals surface area contributed by atoms with Crippen LogP contribution in [0.25, 0.3) is 0 Å². The third-order valence-electron chi connectivity index (χ3n) is 3.40. The number of rotatable bonds is 3. The Balaban J connectivity index is 1.99. The van der Waals surface area contributed by atoms with Crippen molar-refractivity contribution in [3.63, 3.8) is 0 Å². The lowest BCUT2D eigenvalue weighted by Gasteiger charge is -2.28. The van der Waals surface area contributed by atoms with Crippen LogP contribution in [0.15, 0.2) is 24.5 Å². The summed E-state index contributed by atoms with van der Waals surface area (Å²) in [6, 6.07) is 3.91. The quantitative estimate of drug-likeness (QED) is 0.659. The van der Waals surface area contributed by atoms with E-state index in [1.165, 1.54) is 12.1 Å². The lowest BCUT2D eigenvalue weighted by Crippen LogP contribution is -2.34. The second-order valence-corrected chi connectivity index (χ2v) is 4.63. The van der Waals surface area contributed by atoms with Gasteiger partial charge in [0.1, 0.15) is 12.0 Å². The summed E-state index contributed by atoms with van der Waals surface area (Å²) in [6.07, 6.45) is 1.62. The second kappa shape index (κ2) is 4.85.